The molecule has 0 saturated heterocycles. The molecule has 0 aromatic heterocycles. The van der Waals surface area contributed by atoms with Gasteiger partial charge in [-0.05, 0) is 55.6 Å². The molecule has 0 spiro atoms. The summed E-state index contributed by atoms with van der Waals surface area (Å²) in [6.45, 7) is 0.983. The predicted molar refractivity (Wildman–Crippen MR) is 91.1 cm³/mol. The van der Waals surface area contributed by atoms with E-state index in [1.807, 2.05) is 0 Å². The third kappa shape index (κ3) is 5.08. The van der Waals surface area contributed by atoms with Crippen molar-refractivity contribution in [1.82, 2.24) is 0 Å². The van der Waals surface area contributed by atoms with Crippen LogP contribution < -0.4 is 5.73 Å². The monoisotopic (exact) mass is 305 g/mol. The van der Waals surface area contributed by atoms with Gasteiger partial charge in [-0.1, -0.05) is 37.1 Å². The van der Waals surface area contributed by atoms with Gasteiger partial charge in [-0.2, -0.15) is 0 Å². The standard InChI is InChI=1S/C19H31NO2/c1-22-13-5-3-2-4-6-16-7-9-17(10-8-16)18-11-12-19(20,14-18)15-21/h7-10,18,21H,2-6,11-15,20H2,1H3/t18-,19+/m1/s1. The van der Waals surface area contributed by atoms with Crippen molar-refractivity contribution in [1.29, 1.82) is 0 Å². The van der Waals surface area contributed by atoms with Crippen molar-refractivity contribution in [3.05, 3.63) is 35.4 Å². The first-order valence-electron chi connectivity index (χ1n) is 8.64. The van der Waals surface area contributed by atoms with Crippen LogP contribution in [0.5, 0.6) is 0 Å². The number of hydrogen-bond acceptors (Lipinski definition) is 3. The van der Waals surface area contributed by atoms with Gasteiger partial charge in [0, 0.05) is 19.3 Å². The second kappa shape index (κ2) is 8.66. The zero-order valence-corrected chi connectivity index (χ0v) is 13.9. The molecule has 0 bridgehead atoms. The molecule has 0 amide bonds. The molecule has 124 valence electrons. The molecule has 0 radical (unpaired) electrons. The van der Waals surface area contributed by atoms with Crippen molar-refractivity contribution in [2.45, 2.75) is 62.8 Å². The Bertz CT molecular complexity index is 432. The lowest BCUT2D eigenvalue weighted by molar-refractivity contribution is 0.192. The van der Waals surface area contributed by atoms with E-state index in [2.05, 4.69) is 24.3 Å². The van der Waals surface area contributed by atoms with Gasteiger partial charge in [-0.3, -0.25) is 0 Å². The summed E-state index contributed by atoms with van der Waals surface area (Å²) < 4.78 is 5.07. The van der Waals surface area contributed by atoms with Crippen LogP contribution in [0.25, 0.3) is 0 Å². The average Bonchev–Trinajstić information content (AvgIpc) is 2.94. The molecule has 1 aliphatic carbocycles. The minimum atomic E-state index is -0.356. The molecule has 0 aliphatic heterocycles. The summed E-state index contributed by atoms with van der Waals surface area (Å²) in [5.41, 5.74) is 8.62. The van der Waals surface area contributed by atoms with Gasteiger partial charge < -0.3 is 15.6 Å². The molecular formula is C19H31NO2. The minimum absolute atomic E-state index is 0.102. The third-order valence-electron chi connectivity index (χ3n) is 4.97. The summed E-state index contributed by atoms with van der Waals surface area (Å²) in [5.74, 6) is 0.514. The van der Waals surface area contributed by atoms with E-state index in [0.717, 1.165) is 32.3 Å². The van der Waals surface area contributed by atoms with E-state index in [4.69, 9.17) is 10.5 Å². The molecule has 3 nitrogen and oxygen atoms in total. The molecule has 1 aromatic rings. The third-order valence-corrected chi connectivity index (χ3v) is 4.97. The highest BCUT2D eigenvalue weighted by Gasteiger charge is 2.35. The molecule has 22 heavy (non-hydrogen) atoms. The lowest BCUT2D eigenvalue weighted by Crippen LogP contribution is -2.40. The molecule has 1 aromatic carbocycles. The maximum atomic E-state index is 9.38. The van der Waals surface area contributed by atoms with Gasteiger partial charge in [0.15, 0.2) is 0 Å². The smallest absolute Gasteiger partial charge is 0.0611 e. The number of aryl methyl sites for hydroxylation is 1. The van der Waals surface area contributed by atoms with E-state index in [1.165, 1.54) is 36.8 Å². The van der Waals surface area contributed by atoms with Crippen molar-refractivity contribution in [3.63, 3.8) is 0 Å². The number of aliphatic hydroxyl groups excluding tert-OH is 1. The van der Waals surface area contributed by atoms with Gasteiger partial charge in [-0.25, -0.2) is 0 Å². The van der Waals surface area contributed by atoms with Gasteiger partial charge >= 0.3 is 0 Å². The first-order valence-corrected chi connectivity index (χ1v) is 8.64. The lowest BCUT2D eigenvalue weighted by atomic mass is 9.92. The Morgan fingerprint density at radius 1 is 1.18 bits per heavy atom. The minimum Gasteiger partial charge on any atom is -0.394 e. The number of methoxy groups -OCH3 is 1. The topological polar surface area (TPSA) is 55.5 Å². The zero-order valence-electron chi connectivity index (χ0n) is 13.9. The van der Waals surface area contributed by atoms with Crippen LogP contribution >= 0.6 is 0 Å². The van der Waals surface area contributed by atoms with E-state index in [9.17, 15) is 5.11 Å². The number of nitrogens with two attached hydrogens (primary N) is 1. The van der Waals surface area contributed by atoms with Gasteiger partial charge in [0.25, 0.3) is 0 Å². The van der Waals surface area contributed by atoms with Crippen molar-refractivity contribution in [2.75, 3.05) is 20.3 Å². The molecule has 2 rings (SSSR count). The fourth-order valence-corrected chi connectivity index (χ4v) is 3.47. The fraction of sp³-hybridized carbons (Fsp3) is 0.684. The van der Waals surface area contributed by atoms with Crippen LogP contribution in [0.4, 0.5) is 0 Å². The fourth-order valence-electron chi connectivity index (χ4n) is 3.47. The maximum absolute atomic E-state index is 9.38. The first kappa shape index (κ1) is 17.5. The van der Waals surface area contributed by atoms with Crippen LogP contribution in [0.1, 0.15) is 62.0 Å². The Labute approximate surface area is 134 Å². The van der Waals surface area contributed by atoms with Crippen LogP contribution in [0, 0.1) is 0 Å². The van der Waals surface area contributed by atoms with Crippen LogP contribution in [0.15, 0.2) is 24.3 Å². The Hall–Kier alpha value is -0.900. The van der Waals surface area contributed by atoms with Crippen LogP contribution in [0.2, 0.25) is 0 Å². The largest absolute Gasteiger partial charge is 0.394 e. The van der Waals surface area contributed by atoms with Crippen molar-refractivity contribution < 1.29 is 9.84 Å². The van der Waals surface area contributed by atoms with Crippen LogP contribution in [0.3, 0.4) is 0 Å². The highest BCUT2D eigenvalue weighted by Crippen LogP contribution is 2.39. The summed E-state index contributed by atoms with van der Waals surface area (Å²) in [5, 5.41) is 9.38. The molecule has 1 aliphatic rings. The highest BCUT2D eigenvalue weighted by molar-refractivity contribution is 5.27. The Kier molecular flexibility index (Phi) is 6.87. The summed E-state index contributed by atoms with van der Waals surface area (Å²) >= 11 is 0. The zero-order chi connectivity index (χ0) is 15.8. The van der Waals surface area contributed by atoms with E-state index in [0.29, 0.717) is 5.92 Å². The number of aliphatic hydroxyl groups is 1. The van der Waals surface area contributed by atoms with Crippen molar-refractivity contribution in [3.8, 4) is 0 Å². The maximum Gasteiger partial charge on any atom is 0.0611 e. The lowest BCUT2D eigenvalue weighted by Gasteiger charge is -2.21. The molecule has 1 fully saturated rings. The van der Waals surface area contributed by atoms with Gasteiger partial charge in [0.05, 0.1) is 6.61 Å². The number of unbranched alkanes of at least 4 members (excludes halogenated alkanes) is 3. The molecule has 1 saturated carbocycles. The SMILES string of the molecule is COCCCCCCc1ccc([C@@H]2CC[C@@](N)(CO)C2)cc1. The van der Waals surface area contributed by atoms with E-state index < -0.39 is 0 Å². The average molecular weight is 305 g/mol. The van der Waals surface area contributed by atoms with Gasteiger partial charge in [0.2, 0.25) is 0 Å². The summed E-state index contributed by atoms with van der Waals surface area (Å²) in [6, 6.07) is 9.04. The summed E-state index contributed by atoms with van der Waals surface area (Å²) in [7, 11) is 1.77. The number of rotatable bonds is 9. The second-order valence-corrected chi connectivity index (χ2v) is 6.86. The van der Waals surface area contributed by atoms with Crippen molar-refractivity contribution >= 4 is 0 Å². The second-order valence-electron chi connectivity index (χ2n) is 6.86. The summed E-state index contributed by atoms with van der Waals surface area (Å²) in [4.78, 5) is 0. The van der Waals surface area contributed by atoms with E-state index in [-0.39, 0.29) is 12.1 Å². The van der Waals surface area contributed by atoms with Crippen molar-refractivity contribution in [2.24, 2.45) is 5.73 Å². The highest BCUT2D eigenvalue weighted by atomic mass is 16.5. The summed E-state index contributed by atoms with van der Waals surface area (Å²) in [6.07, 6.45) is 9.05. The Balaban J connectivity index is 1.74. The Morgan fingerprint density at radius 2 is 1.91 bits per heavy atom. The number of benzene rings is 1. The molecular weight excluding hydrogens is 274 g/mol. The molecule has 3 heteroatoms. The van der Waals surface area contributed by atoms with E-state index in [1.54, 1.807) is 7.11 Å². The molecule has 3 N–H and O–H groups in total. The number of ether oxygens (including phenoxy) is 1. The predicted octanol–water partition coefficient (Wildman–Crippen LogP) is 3.39. The normalized spacial score (nSPS) is 24.8. The number of hydrogen-bond donors (Lipinski definition) is 2. The van der Waals surface area contributed by atoms with Crippen LogP contribution in [-0.4, -0.2) is 31.0 Å². The molecule has 0 unspecified atom stereocenters. The molecule has 2 atom stereocenters. The van der Waals surface area contributed by atoms with E-state index >= 15 is 0 Å². The molecule has 0 heterocycles. The van der Waals surface area contributed by atoms with Gasteiger partial charge in [-0.15, -0.1) is 0 Å². The Morgan fingerprint density at radius 3 is 2.55 bits per heavy atom. The first-order chi connectivity index (χ1) is 10.7. The van der Waals surface area contributed by atoms with Crippen LogP contribution in [-0.2, 0) is 11.2 Å². The quantitative estimate of drug-likeness (QED) is 0.688. The van der Waals surface area contributed by atoms with Gasteiger partial charge in [0.1, 0.15) is 0 Å².